The molecular weight excluding hydrogens is 366 g/mol. The summed E-state index contributed by atoms with van der Waals surface area (Å²) < 4.78 is 5.34. The van der Waals surface area contributed by atoms with Gasteiger partial charge in [-0.3, -0.25) is 0 Å². The van der Waals surface area contributed by atoms with Crippen LogP contribution in [0.15, 0.2) is 72.8 Å². The molecule has 1 fully saturated rings. The fourth-order valence-electron chi connectivity index (χ4n) is 4.63. The summed E-state index contributed by atoms with van der Waals surface area (Å²) in [5.41, 5.74) is 10.5. The minimum atomic E-state index is -0.575. The maximum Gasteiger partial charge on any atom is 0.118 e. The molecule has 2 heteroatoms. The average molecular weight is 404 g/mol. The molecule has 2 aromatic carbocycles. The van der Waals surface area contributed by atoms with Crippen LogP contribution in [0.25, 0.3) is 0 Å². The van der Waals surface area contributed by atoms with Crippen LogP contribution >= 0.6 is 0 Å². The zero-order valence-electron chi connectivity index (χ0n) is 18.9. The first-order valence-corrected chi connectivity index (χ1v) is 11.4. The van der Waals surface area contributed by atoms with Gasteiger partial charge in [0, 0.05) is 0 Å². The fourth-order valence-corrected chi connectivity index (χ4v) is 4.63. The van der Waals surface area contributed by atoms with Gasteiger partial charge in [0.1, 0.15) is 5.75 Å². The van der Waals surface area contributed by atoms with Crippen molar-refractivity contribution in [2.45, 2.75) is 69.7 Å². The van der Waals surface area contributed by atoms with E-state index < -0.39 is 5.54 Å². The van der Waals surface area contributed by atoms with Crippen LogP contribution < -0.4 is 10.5 Å². The topological polar surface area (TPSA) is 35.2 Å². The smallest absolute Gasteiger partial charge is 0.118 e. The highest BCUT2D eigenvalue weighted by Gasteiger charge is 2.31. The van der Waals surface area contributed by atoms with Crippen LogP contribution in [0, 0.1) is 0 Å². The number of ether oxygens (including phenoxy) is 1. The molecule has 1 atom stereocenters. The van der Waals surface area contributed by atoms with Crippen molar-refractivity contribution in [2.24, 2.45) is 5.73 Å². The molecule has 2 aromatic rings. The SMILES string of the molecule is CC/C=C\C=C/CC(N)(c1ccc(OC)cc1)c1ccc(C2(C)CCCCC2)cc1. The lowest BCUT2D eigenvalue weighted by molar-refractivity contribution is 0.319. The fraction of sp³-hybridized carbons (Fsp3) is 0.429. The largest absolute Gasteiger partial charge is 0.497 e. The second kappa shape index (κ2) is 10.1. The highest BCUT2D eigenvalue weighted by molar-refractivity contribution is 5.43. The van der Waals surface area contributed by atoms with E-state index in [0.717, 1.165) is 29.7 Å². The molecule has 1 saturated carbocycles. The summed E-state index contributed by atoms with van der Waals surface area (Å²) in [7, 11) is 1.69. The van der Waals surface area contributed by atoms with E-state index in [1.54, 1.807) is 7.11 Å². The van der Waals surface area contributed by atoms with E-state index >= 15 is 0 Å². The van der Waals surface area contributed by atoms with Crippen LogP contribution in [0.1, 0.15) is 75.5 Å². The number of allylic oxidation sites excluding steroid dienone is 3. The molecule has 0 spiro atoms. The van der Waals surface area contributed by atoms with Crippen LogP contribution in [0.5, 0.6) is 5.75 Å². The standard InChI is InChI=1S/C28H37NO/c1-4-5-6-7-11-22-28(29,25-16-18-26(30-3)19-17-25)24-14-12-23(13-15-24)27(2)20-9-8-10-21-27/h5-7,11-19H,4,8-10,20-22,29H2,1-3H3/b6-5-,11-7-. The van der Waals surface area contributed by atoms with Crippen molar-refractivity contribution >= 4 is 0 Å². The summed E-state index contributed by atoms with van der Waals surface area (Å²) in [6.07, 6.45) is 16.9. The Morgan fingerprint density at radius 2 is 1.47 bits per heavy atom. The van der Waals surface area contributed by atoms with E-state index in [1.807, 2.05) is 12.1 Å². The van der Waals surface area contributed by atoms with Gasteiger partial charge < -0.3 is 10.5 Å². The monoisotopic (exact) mass is 403 g/mol. The number of methoxy groups -OCH3 is 1. The minimum absolute atomic E-state index is 0.305. The predicted molar refractivity (Wildman–Crippen MR) is 128 cm³/mol. The van der Waals surface area contributed by atoms with E-state index in [9.17, 15) is 0 Å². The minimum Gasteiger partial charge on any atom is -0.497 e. The van der Waals surface area contributed by atoms with Gasteiger partial charge in [-0.1, -0.05) is 93.8 Å². The van der Waals surface area contributed by atoms with Crippen molar-refractivity contribution < 1.29 is 4.74 Å². The first-order valence-electron chi connectivity index (χ1n) is 11.4. The van der Waals surface area contributed by atoms with Crippen LogP contribution in [0.2, 0.25) is 0 Å². The summed E-state index contributed by atoms with van der Waals surface area (Å²) in [6, 6.07) is 17.3. The van der Waals surface area contributed by atoms with Gasteiger partial charge in [0.15, 0.2) is 0 Å². The van der Waals surface area contributed by atoms with Crippen LogP contribution in [0.3, 0.4) is 0 Å². The number of hydrogen-bond donors (Lipinski definition) is 1. The zero-order chi connectivity index (χ0) is 21.5. The summed E-state index contributed by atoms with van der Waals surface area (Å²) in [5, 5.41) is 0. The Bertz CT molecular complexity index is 841. The molecule has 0 heterocycles. The molecule has 2 nitrogen and oxygen atoms in total. The maximum atomic E-state index is 7.09. The molecule has 1 unspecified atom stereocenters. The summed E-state index contributed by atoms with van der Waals surface area (Å²) in [4.78, 5) is 0. The molecule has 0 aliphatic heterocycles. The van der Waals surface area contributed by atoms with Gasteiger partial charge in [0.05, 0.1) is 12.6 Å². The Morgan fingerprint density at radius 1 is 0.900 bits per heavy atom. The van der Waals surface area contributed by atoms with Crippen molar-refractivity contribution in [3.05, 3.63) is 89.5 Å². The van der Waals surface area contributed by atoms with Crippen molar-refractivity contribution in [1.82, 2.24) is 0 Å². The molecular formula is C28H37NO. The zero-order valence-corrected chi connectivity index (χ0v) is 18.9. The van der Waals surface area contributed by atoms with Crippen LogP contribution in [-0.4, -0.2) is 7.11 Å². The normalized spacial score (nSPS) is 18.5. The molecule has 1 aliphatic carbocycles. The Kier molecular flexibility index (Phi) is 7.55. The molecule has 30 heavy (non-hydrogen) atoms. The van der Waals surface area contributed by atoms with Crippen molar-refractivity contribution in [2.75, 3.05) is 7.11 Å². The van der Waals surface area contributed by atoms with Gasteiger partial charge in [-0.2, -0.15) is 0 Å². The Balaban J connectivity index is 1.92. The Morgan fingerprint density at radius 3 is 2.03 bits per heavy atom. The van der Waals surface area contributed by atoms with E-state index in [1.165, 1.54) is 37.7 Å². The van der Waals surface area contributed by atoms with Gasteiger partial charge in [-0.15, -0.1) is 0 Å². The number of nitrogens with two attached hydrogens (primary N) is 1. The van der Waals surface area contributed by atoms with E-state index in [0.29, 0.717) is 5.41 Å². The van der Waals surface area contributed by atoms with Gasteiger partial charge in [-0.25, -0.2) is 0 Å². The lowest BCUT2D eigenvalue weighted by Gasteiger charge is -2.35. The first-order chi connectivity index (χ1) is 14.5. The molecule has 0 bridgehead atoms. The molecule has 3 rings (SSSR count). The quantitative estimate of drug-likeness (QED) is 0.480. The van der Waals surface area contributed by atoms with E-state index in [-0.39, 0.29) is 0 Å². The third-order valence-electron chi connectivity index (χ3n) is 6.72. The third kappa shape index (κ3) is 5.05. The predicted octanol–water partition coefficient (Wildman–Crippen LogP) is 7.03. The molecule has 0 saturated heterocycles. The number of rotatable bonds is 8. The average Bonchev–Trinajstić information content (AvgIpc) is 2.79. The van der Waals surface area contributed by atoms with Gasteiger partial charge in [0.25, 0.3) is 0 Å². The number of benzene rings is 2. The summed E-state index contributed by atoms with van der Waals surface area (Å²) in [6.45, 7) is 4.56. The highest BCUT2D eigenvalue weighted by atomic mass is 16.5. The summed E-state index contributed by atoms with van der Waals surface area (Å²) in [5.74, 6) is 0.850. The van der Waals surface area contributed by atoms with Crippen LogP contribution in [-0.2, 0) is 11.0 Å². The first kappa shape index (κ1) is 22.4. The van der Waals surface area contributed by atoms with E-state index in [4.69, 9.17) is 10.5 Å². The van der Waals surface area contributed by atoms with Crippen LogP contribution in [0.4, 0.5) is 0 Å². The lowest BCUT2D eigenvalue weighted by atomic mass is 9.70. The molecule has 0 radical (unpaired) electrons. The van der Waals surface area contributed by atoms with E-state index in [2.05, 4.69) is 74.5 Å². The molecule has 160 valence electrons. The van der Waals surface area contributed by atoms with Crippen molar-refractivity contribution in [3.8, 4) is 5.75 Å². The Labute approximate surface area is 182 Å². The molecule has 1 aliphatic rings. The maximum absolute atomic E-state index is 7.09. The highest BCUT2D eigenvalue weighted by Crippen LogP contribution is 2.40. The second-order valence-corrected chi connectivity index (χ2v) is 8.87. The second-order valence-electron chi connectivity index (χ2n) is 8.87. The molecule has 0 aromatic heterocycles. The third-order valence-corrected chi connectivity index (χ3v) is 6.72. The van der Waals surface area contributed by atoms with Crippen molar-refractivity contribution in [3.63, 3.8) is 0 Å². The van der Waals surface area contributed by atoms with Gasteiger partial charge >= 0.3 is 0 Å². The number of hydrogen-bond acceptors (Lipinski definition) is 2. The molecule has 0 amide bonds. The summed E-state index contributed by atoms with van der Waals surface area (Å²) >= 11 is 0. The van der Waals surface area contributed by atoms with Gasteiger partial charge in [-0.05, 0) is 59.9 Å². The Hall–Kier alpha value is -2.32. The lowest BCUT2D eigenvalue weighted by Crippen LogP contribution is -2.37. The van der Waals surface area contributed by atoms with Crippen molar-refractivity contribution in [1.29, 1.82) is 0 Å². The molecule has 2 N–H and O–H groups in total. The van der Waals surface area contributed by atoms with Gasteiger partial charge in [0.2, 0.25) is 0 Å².